The van der Waals surface area contributed by atoms with Crippen LogP contribution in [0.15, 0.2) is 6.33 Å². The molecule has 2 fully saturated rings. The summed E-state index contributed by atoms with van der Waals surface area (Å²) in [5.41, 5.74) is 5.72. The van der Waals surface area contributed by atoms with Crippen molar-refractivity contribution in [3.8, 4) is 0 Å². The Balaban J connectivity index is 1.78. The number of hydrogen-bond acceptors (Lipinski definition) is 7. The van der Waals surface area contributed by atoms with Gasteiger partial charge in [-0.15, -0.1) is 0 Å². The Morgan fingerprint density at radius 2 is 2.12 bits per heavy atom. The summed E-state index contributed by atoms with van der Waals surface area (Å²) in [6.07, 6.45) is -0.911. The number of nitrogens with zero attached hydrogens (tertiary/aromatic N) is 4. The van der Waals surface area contributed by atoms with Gasteiger partial charge in [-0.25, -0.2) is 15.0 Å². The fourth-order valence-electron chi connectivity index (χ4n) is 4.20. The first kappa shape index (κ1) is 15.9. The van der Waals surface area contributed by atoms with Crippen LogP contribution in [-0.2, 0) is 4.57 Å². The van der Waals surface area contributed by atoms with Gasteiger partial charge in [-0.1, -0.05) is 0 Å². The van der Waals surface area contributed by atoms with Crippen LogP contribution in [0.1, 0.15) is 18.3 Å². The highest BCUT2D eigenvalue weighted by Crippen LogP contribution is 2.71. The van der Waals surface area contributed by atoms with Crippen LogP contribution in [-0.4, -0.2) is 57.9 Å². The van der Waals surface area contributed by atoms with Gasteiger partial charge in [0.1, 0.15) is 17.4 Å². The lowest BCUT2D eigenvalue weighted by Crippen LogP contribution is -2.35. The van der Waals surface area contributed by atoms with Crippen molar-refractivity contribution in [1.29, 1.82) is 0 Å². The van der Waals surface area contributed by atoms with E-state index in [9.17, 15) is 24.6 Å². The number of aliphatic hydroxyl groups is 2. The van der Waals surface area contributed by atoms with E-state index in [4.69, 9.17) is 5.73 Å². The SMILES string of the molecule is Cc1nc(N)c2ncn([C@H]3[C@H](O)[C@H](O)[C@@]4(CP(=O)(O)O)C[C@H]34)c2n1. The molecule has 0 unspecified atom stereocenters. The number of rotatable bonds is 3. The zero-order valence-electron chi connectivity index (χ0n) is 12.8. The molecule has 0 saturated heterocycles. The summed E-state index contributed by atoms with van der Waals surface area (Å²) in [6, 6.07) is -0.565. The highest BCUT2D eigenvalue weighted by molar-refractivity contribution is 7.51. The number of hydrogen-bond donors (Lipinski definition) is 5. The van der Waals surface area contributed by atoms with Crippen LogP contribution in [0.5, 0.6) is 0 Å². The Kier molecular flexibility index (Phi) is 3.14. The van der Waals surface area contributed by atoms with Crippen molar-refractivity contribution in [2.45, 2.75) is 31.6 Å². The molecule has 2 aliphatic carbocycles. The summed E-state index contributed by atoms with van der Waals surface area (Å²) < 4.78 is 13.0. The van der Waals surface area contributed by atoms with E-state index in [1.54, 1.807) is 11.5 Å². The van der Waals surface area contributed by atoms with Crippen LogP contribution in [0.25, 0.3) is 11.2 Å². The first-order valence-corrected chi connectivity index (χ1v) is 9.31. The van der Waals surface area contributed by atoms with Crippen molar-refractivity contribution in [2.24, 2.45) is 11.3 Å². The van der Waals surface area contributed by atoms with E-state index in [1.165, 1.54) is 6.33 Å². The molecule has 24 heavy (non-hydrogen) atoms. The lowest BCUT2D eigenvalue weighted by Gasteiger charge is -2.24. The van der Waals surface area contributed by atoms with Gasteiger partial charge in [0.2, 0.25) is 0 Å². The van der Waals surface area contributed by atoms with E-state index in [2.05, 4.69) is 15.0 Å². The van der Waals surface area contributed by atoms with E-state index in [0.717, 1.165) is 0 Å². The van der Waals surface area contributed by atoms with Gasteiger partial charge in [-0.3, -0.25) is 4.57 Å². The summed E-state index contributed by atoms with van der Waals surface area (Å²) in [7, 11) is -4.31. The second-order valence-corrected chi connectivity index (χ2v) is 8.42. The average Bonchev–Trinajstić information content (AvgIpc) is 2.90. The van der Waals surface area contributed by atoms with E-state index < -0.39 is 37.4 Å². The van der Waals surface area contributed by atoms with Crippen molar-refractivity contribution in [3.63, 3.8) is 0 Å². The van der Waals surface area contributed by atoms with Gasteiger partial charge in [0.25, 0.3) is 0 Å². The number of nitrogen functional groups attached to an aromatic ring is 1. The normalized spacial score (nSPS) is 35.4. The Morgan fingerprint density at radius 1 is 1.42 bits per heavy atom. The summed E-state index contributed by atoms with van der Waals surface area (Å²) >= 11 is 0. The number of aryl methyl sites for hydroxylation is 1. The second kappa shape index (κ2) is 4.74. The fourth-order valence-corrected chi connectivity index (χ4v) is 5.52. The maximum absolute atomic E-state index is 11.4. The van der Waals surface area contributed by atoms with Gasteiger partial charge in [0.15, 0.2) is 11.5 Å². The second-order valence-electron chi connectivity index (χ2n) is 6.77. The Labute approximate surface area is 136 Å². The van der Waals surface area contributed by atoms with E-state index in [1.807, 2.05) is 0 Å². The first-order chi connectivity index (χ1) is 11.1. The molecule has 0 bridgehead atoms. The smallest absolute Gasteiger partial charge is 0.326 e. The molecule has 4 rings (SSSR count). The van der Waals surface area contributed by atoms with E-state index in [0.29, 0.717) is 23.4 Å². The minimum absolute atomic E-state index is 0.224. The van der Waals surface area contributed by atoms with Crippen molar-refractivity contribution in [3.05, 3.63) is 12.2 Å². The predicted molar refractivity (Wildman–Crippen MR) is 83.0 cm³/mol. The molecule has 5 atom stereocenters. The highest BCUT2D eigenvalue weighted by atomic mass is 31.2. The maximum atomic E-state index is 11.4. The topological polar surface area (TPSA) is 168 Å². The van der Waals surface area contributed by atoms with Gasteiger partial charge in [0, 0.05) is 5.41 Å². The summed E-state index contributed by atoms with van der Waals surface area (Å²) in [4.78, 5) is 31.1. The first-order valence-electron chi connectivity index (χ1n) is 7.51. The van der Waals surface area contributed by atoms with Crippen LogP contribution in [0.3, 0.4) is 0 Å². The number of aliphatic hydroxyl groups excluding tert-OH is 2. The van der Waals surface area contributed by atoms with Crippen molar-refractivity contribution in [1.82, 2.24) is 19.5 Å². The molecule has 130 valence electrons. The molecule has 2 aromatic heterocycles. The summed E-state index contributed by atoms with van der Waals surface area (Å²) in [5, 5.41) is 20.9. The molecule has 6 N–H and O–H groups in total. The number of nitrogens with two attached hydrogens (primary N) is 1. The van der Waals surface area contributed by atoms with Crippen LogP contribution >= 0.6 is 7.60 Å². The molecule has 2 aromatic rings. The maximum Gasteiger partial charge on any atom is 0.326 e. The van der Waals surface area contributed by atoms with Crippen LogP contribution in [0, 0.1) is 18.3 Å². The van der Waals surface area contributed by atoms with Crippen LogP contribution in [0.4, 0.5) is 5.82 Å². The molecular weight excluding hydrogens is 337 g/mol. The Hall–Kier alpha value is -1.58. The molecule has 2 saturated carbocycles. The van der Waals surface area contributed by atoms with Gasteiger partial charge in [-0.05, 0) is 19.3 Å². The summed E-state index contributed by atoms with van der Waals surface area (Å²) in [6.45, 7) is 1.68. The minimum Gasteiger partial charge on any atom is -0.390 e. The zero-order valence-corrected chi connectivity index (χ0v) is 13.7. The van der Waals surface area contributed by atoms with E-state index >= 15 is 0 Å². The van der Waals surface area contributed by atoms with Crippen molar-refractivity contribution < 1.29 is 24.6 Å². The Bertz CT molecular complexity index is 881. The lowest BCUT2D eigenvalue weighted by molar-refractivity contribution is -0.0137. The standard InChI is InChI=1S/C13H18N5O5P/c1-5-16-11(14)7-12(17-5)18(4-15-7)8-6-2-13(6,3-24(21,22)23)10(20)9(8)19/h4,6,8-10,19-20H,2-3H2,1H3,(H2,14,16,17)(H2,21,22,23)/t6-,8-,9+,10+,13-/m1/s1. The summed E-state index contributed by atoms with van der Waals surface area (Å²) in [5.74, 6) is 0.414. The van der Waals surface area contributed by atoms with Gasteiger partial charge < -0.3 is 30.3 Å². The largest absolute Gasteiger partial charge is 0.390 e. The molecule has 0 aromatic carbocycles. The monoisotopic (exact) mass is 355 g/mol. The lowest BCUT2D eigenvalue weighted by atomic mass is 10.0. The van der Waals surface area contributed by atoms with Crippen LogP contribution in [0.2, 0.25) is 0 Å². The molecule has 2 heterocycles. The van der Waals surface area contributed by atoms with Gasteiger partial charge in [-0.2, -0.15) is 0 Å². The highest BCUT2D eigenvalue weighted by Gasteiger charge is 2.72. The average molecular weight is 355 g/mol. The molecule has 0 radical (unpaired) electrons. The predicted octanol–water partition coefficient (Wildman–Crippen LogP) is -0.823. The third-order valence-corrected chi connectivity index (χ3v) is 6.24. The van der Waals surface area contributed by atoms with E-state index in [-0.39, 0.29) is 11.7 Å². The number of imidazole rings is 1. The number of anilines is 1. The molecule has 0 aliphatic heterocycles. The molecule has 0 amide bonds. The molecular formula is C13H18N5O5P. The van der Waals surface area contributed by atoms with Crippen molar-refractivity contribution >= 4 is 24.6 Å². The third-order valence-electron chi connectivity index (χ3n) is 5.23. The zero-order chi connectivity index (χ0) is 17.4. The molecule has 11 heteroatoms. The number of fused-ring (bicyclic) bond motifs is 2. The Morgan fingerprint density at radius 3 is 2.79 bits per heavy atom. The molecule has 2 aliphatic rings. The fraction of sp³-hybridized carbons (Fsp3) is 0.615. The minimum atomic E-state index is -4.31. The number of aromatic nitrogens is 4. The van der Waals surface area contributed by atoms with Gasteiger partial charge >= 0.3 is 7.60 Å². The quantitative estimate of drug-likeness (QED) is 0.442. The van der Waals surface area contributed by atoms with Crippen LogP contribution < -0.4 is 5.73 Å². The molecule has 10 nitrogen and oxygen atoms in total. The molecule has 0 spiro atoms. The third kappa shape index (κ3) is 2.11. The van der Waals surface area contributed by atoms with Crippen molar-refractivity contribution in [2.75, 3.05) is 11.9 Å². The van der Waals surface area contributed by atoms with Gasteiger partial charge in [0.05, 0.1) is 24.6 Å².